The van der Waals surface area contributed by atoms with Crippen molar-refractivity contribution in [2.75, 3.05) is 6.54 Å². The molecule has 5 atom stereocenters. The average Bonchev–Trinajstić information content (AvgIpc) is 2.67. The fourth-order valence-corrected chi connectivity index (χ4v) is 7.15. The van der Waals surface area contributed by atoms with E-state index < -0.39 is 0 Å². The summed E-state index contributed by atoms with van der Waals surface area (Å²) < 4.78 is 0. The third-order valence-electron chi connectivity index (χ3n) is 6.62. The van der Waals surface area contributed by atoms with Gasteiger partial charge >= 0.3 is 0 Å². The second kappa shape index (κ2) is 4.04. The van der Waals surface area contributed by atoms with E-state index in [0.29, 0.717) is 23.8 Å². The highest BCUT2D eigenvalue weighted by Gasteiger charge is 2.63. The lowest BCUT2D eigenvalue weighted by Gasteiger charge is -2.67. The Balaban J connectivity index is 1.68. The van der Waals surface area contributed by atoms with Crippen molar-refractivity contribution in [1.29, 1.82) is 0 Å². The molecule has 3 nitrogen and oxygen atoms in total. The minimum Gasteiger partial charge on any atom is -0.336 e. The molecule has 0 N–H and O–H groups in total. The van der Waals surface area contributed by atoms with Crippen LogP contribution in [0.1, 0.15) is 58.8 Å². The van der Waals surface area contributed by atoms with Crippen molar-refractivity contribution in [2.45, 2.75) is 64.3 Å². The number of hydrogen-bond donors (Lipinski definition) is 0. The monoisotopic (exact) mass is 309 g/mol. The number of hydrogen-bond acceptors (Lipinski definition) is 2. The normalized spacial score (nSPS) is 51.8. The molecule has 2 unspecified atom stereocenters. The van der Waals surface area contributed by atoms with E-state index in [1.807, 2.05) is 0 Å². The quantitative estimate of drug-likeness (QED) is 0.734. The summed E-state index contributed by atoms with van der Waals surface area (Å²) in [6.07, 6.45) is 7.67. The maximum Gasteiger partial charge on any atom is 0.227 e. The molecule has 5 rings (SSSR count). The van der Waals surface area contributed by atoms with Crippen molar-refractivity contribution >= 4 is 22.8 Å². The van der Waals surface area contributed by atoms with Gasteiger partial charge in [0.1, 0.15) is 0 Å². The first-order valence-electron chi connectivity index (χ1n) is 8.23. The van der Waals surface area contributed by atoms with Crippen LogP contribution in [0, 0.1) is 22.7 Å². The van der Waals surface area contributed by atoms with E-state index in [1.54, 1.807) is 0 Å². The SMILES string of the molecule is C[C@]12CC3CC(N4C[C@@H](C(=O)Cl)CC4=O)(C1)C[C@@](C)(C3)C2. The van der Waals surface area contributed by atoms with Crippen molar-refractivity contribution in [2.24, 2.45) is 22.7 Å². The second-order valence-electron chi connectivity index (χ2n) is 9.06. The van der Waals surface area contributed by atoms with Gasteiger partial charge in [0, 0.05) is 18.5 Å². The van der Waals surface area contributed by atoms with E-state index in [4.69, 9.17) is 11.6 Å². The van der Waals surface area contributed by atoms with Gasteiger partial charge in [-0.05, 0) is 66.9 Å². The molecule has 4 saturated carbocycles. The molecule has 1 saturated heterocycles. The fourth-order valence-electron chi connectivity index (χ4n) is 7.01. The van der Waals surface area contributed by atoms with Gasteiger partial charge in [-0.2, -0.15) is 0 Å². The summed E-state index contributed by atoms with van der Waals surface area (Å²) >= 11 is 5.66. The highest BCUT2D eigenvalue weighted by molar-refractivity contribution is 6.64. The molecule has 0 aromatic carbocycles. The molecule has 0 aromatic rings. The van der Waals surface area contributed by atoms with E-state index in [1.165, 1.54) is 19.3 Å². The van der Waals surface area contributed by atoms with Gasteiger partial charge in [-0.3, -0.25) is 9.59 Å². The largest absolute Gasteiger partial charge is 0.336 e. The molecule has 21 heavy (non-hydrogen) atoms. The van der Waals surface area contributed by atoms with Crippen LogP contribution in [0.15, 0.2) is 0 Å². The molecule has 1 amide bonds. The van der Waals surface area contributed by atoms with Crippen LogP contribution in [0.4, 0.5) is 0 Å². The minimum atomic E-state index is -0.340. The highest BCUT2D eigenvalue weighted by Crippen LogP contribution is 2.68. The minimum absolute atomic E-state index is 0.0150. The predicted octanol–water partition coefficient (Wildman–Crippen LogP) is 3.35. The summed E-state index contributed by atoms with van der Waals surface area (Å²) in [5.74, 6) is 0.630. The van der Waals surface area contributed by atoms with Crippen LogP contribution in [0.3, 0.4) is 0 Å². The summed E-state index contributed by atoms with van der Waals surface area (Å²) in [7, 11) is 0. The Hall–Kier alpha value is -0.570. The average molecular weight is 310 g/mol. The van der Waals surface area contributed by atoms with Crippen LogP contribution >= 0.6 is 11.6 Å². The predicted molar refractivity (Wildman–Crippen MR) is 80.8 cm³/mol. The molecule has 4 bridgehead atoms. The number of halogens is 1. The molecule has 116 valence electrons. The lowest BCUT2D eigenvalue weighted by molar-refractivity contribution is -0.170. The number of carbonyl (C=O) groups is 2. The molecular formula is C17H24ClNO2. The zero-order valence-electron chi connectivity index (χ0n) is 13.0. The Bertz CT molecular complexity index is 513. The molecule has 5 fully saturated rings. The van der Waals surface area contributed by atoms with Crippen LogP contribution in [0.25, 0.3) is 0 Å². The third kappa shape index (κ3) is 1.99. The van der Waals surface area contributed by atoms with Crippen LogP contribution in [-0.4, -0.2) is 28.1 Å². The lowest BCUT2D eigenvalue weighted by Crippen LogP contribution is -2.65. The molecule has 0 spiro atoms. The zero-order chi connectivity index (χ0) is 15.0. The molecule has 4 heteroatoms. The highest BCUT2D eigenvalue weighted by atomic mass is 35.5. The third-order valence-corrected chi connectivity index (χ3v) is 6.92. The number of nitrogens with zero attached hydrogens (tertiary/aromatic N) is 1. The molecular weight excluding hydrogens is 286 g/mol. The van der Waals surface area contributed by atoms with Crippen molar-refractivity contribution in [3.8, 4) is 0 Å². The smallest absolute Gasteiger partial charge is 0.227 e. The van der Waals surface area contributed by atoms with Crippen molar-refractivity contribution < 1.29 is 9.59 Å². The van der Waals surface area contributed by atoms with E-state index in [9.17, 15) is 9.59 Å². The number of carbonyl (C=O) groups excluding carboxylic acids is 2. The fraction of sp³-hybridized carbons (Fsp3) is 0.882. The van der Waals surface area contributed by atoms with Crippen LogP contribution in [-0.2, 0) is 9.59 Å². The molecule has 0 aromatic heterocycles. The summed E-state index contributed by atoms with van der Waals surface area (Å²) in [5.41, 5.74) is 0.788. The second-order valence-corrected chi connectivity index (χ2v) is 9.44. The molecule has 5 aliphatic rings. The van der Waals surface area contributed by atoms with Crippen LogP contribution in [0.5, 0.6) is 0 Å². The van der Waals surface area contributed by atoms with Gasteiger partial charge < -0.3 is 4.90 Å². The van der Waals surface area contributed by atoms with Gasteiger partial charge in [0.05, 0.1) is 5.92 Å². The Morgan fingerprint density at radius 2 is 1.76 bits per heavy atom. The first kappa shape index (κ1) is 14.0. The molecule has 1 aliphatic heterocycles. The van der Waals surface area contributed by atoms with Crippen LogP contribution < -0.4 is 0 Å². The molecule has 1 heterocycles. The van der Waals surface area contributed by atoms with E-state index in [-0.39, 0.29) is 22.6 Å². The summed E-state index contributed by atoms with van der Waals surface area (Å²) in [5, 5.41) is -0.340. The number of rotatable bonds is 2. The standard InChI is InChI=1S/C17H24ClNO2/c1-15-4-11-5-16(2,8-15)10-17(6-11,9-15)19-7-12(14(18)21)3-13(19)20/h11-12H,3-10H2,1-2H3/t11?,12-,15-,16+,17?/m0/s1. The van der Waals surface area contributed by atoms with Gasteiger partial charge in [0.25, 0.3) is 0 Å². The van der Waals surface area contributed by atoms with E-state index in [0.717, 1.165) is 25.2 Å². The van der Waals surface area contributed by atoms with Crippen molar-refractivity contribution in [1.82, 2.24) is 4.90 Å². The lowest BCUT2D eigenvalue weighted by atomic mass is 9.42. The summed E-state index contributed by atoms with van der Waals surface area (Å²) in [6.45, 7) is 5.38. The zero-order valence-corrected chi connectivity index (χ0v) is 13.7. The Labute approximate surface area is 131 Å². The Kier molecular flexibility index (Phi) is 2.70. The van der Waals surface area contributed by atoms with Gasteiger partial charge in [-0.1, -0.05) is 13.8 Å². The summed E-state index contributed by atoms with van der Waals surface area (Å²) in [4.78, 5) is 26.1. The topological polar surface area (TPSA) is 37.4 Å². The van der Waals surface area contributed by atoms with E-state index >= 15 is 0 Å². The Morgan fingerprint density at radius 1 is 1.14 bits per heavy atom. The summed E-state index contributed by atoms with van der Waals surface area (Å²) in [6, 6.07) is 0. The maximum absolute atomic E-state index is 12.5. The van der Waals surface area contributed by atoms with Crippen molar-refractivity contribution in [3.05, 3.63) is 0 Å². The number of amides is 1. The van der Waals surface area contributed by atoms with Gasteiger partial charge in [0.2, 0.25) is 11.1 Å². The van der Waals surface area contributed by atoms with E-state index in [2.05, 4.69) is 18.7 Å². The van der Waals surface area contributed by atoms with Gasteiger partial charge in [-0.15, -0.1) is 0 Å². The first-order chi connectivity index (χ1) is 9.73. The first-order valence-corrected chi connectivity index (χ1v) is 8.60. The Morgan fingerprint density at radius 3 is 2.24 bits per heavy atom. The van der Waals surface area contributed by atoms with Gasteiger partial charge in [-0.25, -0.2) is 0 Å². The molecule has 0 radical (unpaired) electrons. The van der Waals surface area contributed by atoms with Crippen molar-refractivity contribution in [3.63, 3.8) is 0 Å². The van der Waals surface area contributed by atoms with Gasteiger partial charge in [0.15, 0.2) is 0 Å². The molecule has 4 aliphatic carbocycles. The van der Waals surface area contributed by atoms with Crippen LogP contribution in [0.2, 0.25) is 0 Å². The number of likely N-dealkylation sites (tertiary alicyclic amines) is 1. The maximum atomic E-state index is 12.5.